The minimum absolute atomic E-state index is 0. The molecule has 8 rings (SSSR count). The summed E-state index contributed by atoms with van der Waals surface area (Å²) >= 11 is 11.8. The van der Waals surface area contributed by atoms with E-state index >= 15 is 0 Å². The van der Waals surface area contributed by atoms with E-state index in [4.69, 9.17) is 37.4 Å². The number of nitrogens with zero attached hydrogens (tertiary/aromatic N) is 4. The fraction of sp³-hybridized carbons (Fsp3) is 0.367. The number of morpholine rings is 2. The number of esters is 1. The van der Waals surface area contributed by atoms with Gasteiger partial charge in [-0.1, -0.05) is 44.5 Å². The summed E-state index contributed by atoms with van der Waals surface area (Å²) in [4.78, 5) is 94.1. The number of amides is 8. The molecule has 4 aromatic carbocycles. The van der Waals surface area contributed by atoms with E-state index in [1.807, 2.05) is 0 Å². The number of halogens is 2. The molecule has 0 bridgehead atoms. The topological polar surface area (TPSA) is 228 Å². The van der Waals surface area contributed by atoms with Crippen LogP contribution in [0.1, 0.15) is 34.1 Å². The average Bonchev–Trinajstić information content (AvgIpc) is 3.96. The van der Waals surface area contributed by atoms with Gasteiger partial charge in [-0.15, -0.1) is 0 Å². The summed E-state index contributed by atoms with van der Waals surface area (Å²) in [7, 11) is 0. The van der Waals surface area contributed by atoms with Gasteiger partial charge in [-0.3, -0.25) is 24.0 Å². The Kier molecular flexibility index (Phi) is 18.2. The highest BCUT2D eigenvalue weighted by Crippen LogP contribution is 2.28. The number of β-amino-alcohol motifs (C(OH)–C–C–N with tert-alkyl or cyclic N) is 1. The monoisotopic (exact) mass is 1000 g/mol. The molecule has 4 aliphatic rings. The van der Waals surface area contributed by atoms with Crippen LogP contribution in [0.25, 0.3) is 0 Å². The zero-order valence-corrected chi connectivity index (χ0v) is 39.3. The molecule has 19 nitrogen and oxygen atoms in total. The molecule has 0 aromatic heterocycles. The second-order valence-electron chi connectivity index (χ2n) is 16.8. The lowest BCUT2D eigenvalue weighted by molar-refractivity contribution is -0.152. The Morgan fingerprint density at radius 3 is 1.40 bits per heavy atom. The normalized spacial score (nSPS) is 19.9. The Hall–Kier alpha value is -6.77. The molecule has 4 heterocycles. The third kappa shape index (κ3) is 13.7. The number of rotatable bonds is 10. The molecule has 4 aliphatic heterocycles. The number of anilines is 6. The minimum Gasteiger partial charge on any atom is -0.460 e. The summed E-state index contributed by atoms with van der Waals surface area (Å²) in [6, 6.07) is 24.3. The second-order valence-corrected chi connectivity index (χ2v) is 17.7. The highest BCUT2D eigenvalue weighted by atomic mass is 35.5. The SMILES string of the molecule is C.CC(C)C(=O)O[C@@H]1C[C@H](C(=O)Nc2ccc(N3CCOCC3=O)cc2)N(C(=O)Nc2ccc(Cl)cc2)C1.O=C(Nc1ccc(N2CCOCC2=O)cc1)[C@H]1C[C@@H](O)CN1C(=O)Nc1ccc(Cl)cc1. The molecule has 70 heavy (non-hydrogen) atoms. The van der Waals surface area contributed by atoms with Gasteiger partial charge < -0.3 is 60.2 Å². The second kappa shape index (κ2) is 24.2. The van der Waals surface area contributed by atoms with Gasteiger partial charge in [-0.2, -0.15) is 0 Å². The van der Waals surface area contributed by atoms with Crippen molar-refractivity contribution in [2.24, 2.45) is 5.92 Å². The maximum Gasteiger partial charge on any atom is 0.322 e. The van der Waals surface area contributed by atoms with Gasteiger partial charge in [-0.05, 0) is 97.1 Å². The van der Waals surface area contributed by atoms with Crippen molar-refractivity contribution in [1.29, 1.82) is 0 Å². The molecule has 372 valence electrons. The number of ether oxygens (including phenoxy) is 3. The molecular weight excluding hydrogens is 947 g/mol. The third-order valence-corrected chi connectivity index (χ3v) is 12.0. The van der Waals surface area contributed by atoms with E-state index in [2.05, 4.69) is 21.3 Å². The van der Waals surface area contributed by atoms with Crippen LogP contribution in [0.4, 0.5) is 43.7 Å². The van der Waals surface area contributed by atoms with Gasteiger partial charge >= 0.3 is 18.0 Å². The number of likely N-dealkylation sites (tertiary alicyclic amines) is 2. The lowest BCUT2D eigenvalue weighted by Gasteiger charge is -2.27. The molecule has 0 spiro atoms. The smallest absolute Gasteiger partial charge is 0.322 e. The summed E-state index contributed by atoms with van der Waals surface area (Å²) in [6.45, 7) is 5.53. The first kappa shape index (κ1) is 52.6. The number of aliphatic hydroxyl groups excluding tert-OH is 1. The fourth-order valence-corrected chi connectivity index (χ4v) is 8.13. The van der Waals surface area contributed by atoms with Gasteiger partial charge in [0.05, 0.1) is 31.8 Å². The Balaban J connectivity index is 0.000000229. The zero-order chi connectivity index (χ0) is 49.2. The molecule has 0 saturated carbocycles. The van der Waals surface area contributed by atoms with Crippen LogP contribution in [0.3, 0.4) is 0 Å². The summed E-state index contributed by atoms with van der Waals surface area (Å²) in [5.41, 5.74) is 3.51. The number of aliphatic hydroxyl groups is 1. The Labute approximate surface area is 415 Å². The number of hydrogen-bond donors (Lipinski definition) is 5. The van der Waals surface area contributed by atoms with Crippen LogP contribution >= 0.6 is 23.2 Å². The predicted octanol–water partition coefficient (Wildman–Crippen LogP) is 6.46. The summed E-state index contributed by atoms with van der Waals surface area (Å²) in [5, 5.41) is 22.2. The maximum atomic E-state index is 13.3. The molecule has 0 radical (unpaired) electrons. The van der Waals surface area contributed by atoms with Crippen molar-refractivity contribution in [2.45, 2.75) is 58.4 Å². The lowest BCUT2D eigenvalue weighted by atomic mass is 10.1. The van der Waals surface area contributed by atoms with Gasteiger partial charge in [0.25, 0.3) is 11.8 Å². The first-order chi connectivity index (χ1) is 33.1. The van der Waals surface area contributed by atoms with E-state index in [0.717, 1.165) is 5.69 Å². The fourth-order valence-electron chi connectivity index (χ4n) is 7.88. The van der Waals surface area contributed by atoms with Crippen molar-refractivity contribution in [3.8, 4) is 0 Å². The van der Waals surface area contributed by atoms with E-state index in [0.29, 0.717) is 64.8 Å². The van der Waals surface area contributed by atoms with Crippen LogP contribution in [0.2, 0.25) is 10.0 Å². The van der Waals surface area contributed by atoms with E-state index in [1.54, 1.807) is 121 Å². The maximum absolute atomic E-state index is 13.3. The number of carbonyl (C=O) groups is 7. The molecule has 4 saturated heterocycles. The van der Waals surface area contributed by atoms with Crippen molar-refractivity contribution < 1.29 is 52.9 Å². The van der Waals surface area contributed by atoms with Crippen molar-refractivity contribution in [1.82, 2.24) is 9.80 Å². The number of benzene rings is 4. The van der Waals surface area contributed by atoms with E-state index in [-0.39, 0.29) is 64.3 Å². The van der Waals surface area contributed by atoms with Gasteiger partial charge in [0.15, 0.2) is 0 Å². The highest BCUT2D eigenvalue weighted by molar-refractivity contribution is 6.31. The first-order valence-electron chi connectivity index (χ1n) is 22.2. The van der Waals surface area contributed by atoms with Crippen LogP contribution < -0.4 is 31.1 Å². The van der Waals surface area contributed by atoms with Crippen LogP contribution in [0.15, 0.2) is 97.1 Å². The Bertz CT molecular complexity index is 2500. The molecular formula is C49H56Cl2N8O11. The van der Waals surface area contributed by atoms with E-state index in [1.165, 1.54) is 9.80 Å². The van der Waals surface area contributed by atoms with Crippen LogP contribution in [0.5, 0.6) is 0 Å². The lowest BCUT2D eigenvalue weighted by Crippen LogP contribution is -2.45. The third-order valence-electron chi connectivity index (χ3n) is 11.5. The molecule has 0 unspecified atom stereocenters. The van der Waals surface area contributed by atoms with Crippen LogP contribution in [0, 0.1) is 5.92 Å². The Morgan fingerprint density at radius 1 is 0.600 bits per heavy atom. The zero-order valence-electron chi connectivity index (χ0n) is 37.8. The highest BCUT2D eigenvalue weighted by Gasteiger charge is 2.42. The number of hydrogen-bond acceptors (Lipinski definition) is 11. The molecule has 0 aliphatic carbocycles. The first-order valence-corrected chi connectivity index (χ1v) is 23.0. The number of nitrogens with one attached hydrogen (secondary N) is 4. The molecule has 4 atom stereocenters. The minimum atomic E-state index is -0.863. The predicted molar refractivity (Wildman–Crippen MR) is 265 cm³/mol. The van der Waals surface area contributed by atoms with Crippen molar-refractivity contribution in [3.05, 3.63) is 107 Å². The summed E-state index contributed by atoms with van der Waals surface area (Å²) in [5.74, 6) is -1.78. The van der Waals surface area contributed by atoms with Crippen LogP contribution in [-0.2, 0) is 38.2 Å². The molecule has 4 aromatic rings. The average molecular weight is 1000 g/mol. The van der Waals surface area contributed by atoms with Crippen molar-refractivity contribution >= 4 is 99.0 Å². The van der Waals surface area contributed by atoms with Crippen molar-refractivity contribution in [2.75, 3.05) is 83.7 Å². The van der Waals surface area contributed by atoms with Gasteiger partial charge in [-0.25, -0.2) is 9.59 Å². The summed E-state index contributed by atoms with van der Waals surface area (Å²) < 4.78 is 15.8. The molecule has 5 N–H and O–H groups in total. The van der Waals surface area contributed by atoms with E-state index < -0.39 is 54.1 Å². The van der Waals surface area contributed by atoms with E-state index in [9.17, 15) is 38.7 Å². The van der Waals surface area contributed by atoms with Crippen LogP contribution in [-0.4, -0.2) is 133 Å². The Morgan fingerprint density at radius 2 is 0.986 bits per heavy atom. The van der Waals surface area contributed by atoms with Gasteiger partial charge in [0.2, 0.25) is 11.8 Å². The molecule has 8 amide bonds. The van der Waals surface area contributed by atoms with Crippen molar-refractivity contribution in [3.63, 3.8) is 0 Å². The number of carbonyl (C=O) groups excluding carboxylic acids is 7. The summed E-state index contributed by atoms with van der Waals surface area (Å²) in [6.07, 6.45) is -1.10. The van der Waals surface area contributed by atoms with Gasteiger partial charge in [0, 0.05) is 76.6 Å². The standard InChI is InChI=1S/C26H29ClN4O6.C22H23ClN4O5.CH4/c1-16(2)25(34)37-21-13-22(31(14-21)26(35)29-19-5-3-17(27)4-6-19)24(33)28-18-7-9-20(10-8-18)30-11-12-36-15-23(30)32;23-14-1-3-16(4-2-14)25-22(31)27-12-18(28)11-19(27)21(30)24-15-5-7-17(8-6-15)26-9-10-32-13-20(26)29;/h3-10,16,21-22H,11-15H2,1-2H3,(H,28,33)(H,29,35);1-8,18-19,28H,9-13H2,(H,24,30)(H,25,31);1H4/t21-,22-;18-,19-;/m11./s1. The molecule has 4 fully saturated rings. The number of urea groups is 2. The van der Waals surface area contributed by atoms with Gasteiger partial charge in [0.1, 0.15) is 31.4 Å². The quantitative estimate of drug-likeness (QED) is 0.108. The largest absolute Gasteiger partial charge is 0.460 e. The molecule has 21 heteroatoms.